The molecule has 1 unspecified atom stereocenters. The van der Waals surface area contributed by atoms with Crippen LogP contribution in [0.4, 0.5) is 4.79 Å². The van der Waals surface area contributed by atoms with Crippen molar-refractivity contribution in [3.05, 3.63) is 77.6 Å². The lowest BCUT2D eigenvalue weighted by Crippen LogP contribution is -2.45. The molecule has 4 rings (SSSR count). The third kappa shape index (κ3) is 4.59. The third-order valence-corrected chi connectivity index (χ3v) is 5.27. The molecule has 0 fully saturated rings. The molecule has 1 atom stereocenters. The van der Waals surface area contributed by atoms with E-state index in [-0.39, 0.29) is 6.10 Å². The van der Waals surface area contributed by atoms with E-state index in [0.29, 0.717) is 22.5 Å². The van der Waals surface area contributed by atoms with Crippen LogP contribution in [0.1, 0.15) is 32.4 Å². The first-order valence-electron chi connectivity index (χ1n) is 10.7. The number of rotatable bonds is 6. The molecule has 170 valence electrons. The number of nitrogens with one attached hydrogen (secondary N) is 2. The van der Waals surface area contributed by atoms with Gasteiger partial charge < -0.3 is 20.1 Å². The van der Waals surface area contributed by atoms with Crippen molar-refractivity contribution >= 4 is 12.0 Å². The number of carbonyl (C=O) groups excluding carboxylic acids is 2. The number of hydrogen-bond donors (Lipinski definition) is 2. The normalized spacial score (nSPS) is 15.8. The van der Waals surface area contributed by atoms with E-state index in [2.05, 4.69) is 10.6 Å². The first kappa shape index (κ1) is 22.1. The van der Waals surface area contributed by atoms with Gasteiger partial charge in [-0.15, -0.1) is 0 Å². The average Bonchev–Trinajstić information content (AvgIpc) is 3.24. The number of ether oxygens (including phenoxy) is 2. The number of aromatic nitrogens is 2. The molecule has 8 nitrogen and oxygen atoms in total. The van der Waals surface area contributed by atoms with Gasteiger partial charge in [0.15, 0.2) is 0 Å². The van der Waals surface area contributed by atoms with E-state index in [0.717, 1.165) is 17.0 Å². The number of para-hydroxylation sites is 1. The minimum atomic E-state index is -0.737. The second-order valence-corrected chi connectivity index (χ2v) is 7.97. The molecule has 0 spiro atoms. The lowest BCUT2D eigenvalue weighted by Gasteiger charge is -2.28. The Kier molecular flexibility index (Phi) is 6.17. The highest BCUT2D eigenvalue weighted by molar-refractivity contribution is 5.95. The molecule has 1 aromatic heterocycles. The number of methoxy groups -OCH3 is 1. The number of hydrogen-bond acceptors (Lipinski definition) is 5. The second-order valence-electron chi connectivity index (χ2n) is 7.97. The summed E-state index contributed by atoms with van der Waals surface area (Å²) in [5.41, 5.74) is 3.77. The van der Waals surface area contributed by atoms with Gasteiger partial charge in [-0.3, -0.25) is 0 Å². The number of allylic oxidation sites excluding steroid dienone is 1. The molecule has 0 radical (unpaired) electrons. The minimum absolute atomic E-state index is 0.302. The molecule has 1 aliphatic heterocycles. The maximum Gasteiger partial charge on any atom is 0.338 e. The SMILES string of the molecule is COc1ccc(-c2nn(-c3ccccc3)cc2C2NC(=O)NC(C)=C2C(=O)OC(C)C)cc1. The molecule has 2 amide bonds. The van der Waals surface area contributed by atoms with Gasteiger partial charge in [0.25, 0.3) is 0 Å². The van der Waals surface area contributed by atoms with Crippen molar-refractivity contribution in [3.63, 3.8) is 0 Å². The highest BCUT2D eigenvalue weighted by atomic mass is 16.5. The van der Waals surface area contributed by atoms with E-state index in [4.69, 9.17) is 14.6 Å². The molecule has 0 saturated heterocycles. The smallest absolute Gasteiger partial charge is 0.338 e. The van der Waals surface area contributed by atoms with Gasteiger partial charge in [-0.1, -0.05) is 18.2 Å². The molecule has 0 bridgehead atoms. The zero-order valence-electron chi connectivity index (χ0n) is 19.0. The van der Waals surface area contributed by atoms with E-state index in [9.17, 15) is 9.59 Å². The van der Waals surface area contributed by atoms with Crippen LogP contribution in [0.3, 0.4) is 0 Å². The van der Waals surface area contributed by atoms with Crippen molar-refractivity contribution in [2.45, 2.75) is 32.9 Å². The van der Waals surface area contributed by atoms with Crippen LogP contribution in [0.25, 0.3) is 16.9 Å². The first-order valence-corrected chi connectivity index (χ1v) is 10.7. The molecule has 0 saturated carbocycles. The van der Waals surface area contributed by atoms with Crippen LogP contribution in [0, 0.1) is 0 Å². The molecule has 2 aromatic carbocycles. The predicted octanol–water partition coefficient (Wildman–Crippen LogP) is 4.13. The highest BCUT2D eigenvalue weighted by Crippen LogP contribution is 2.35. The lowest BCUT2D eigenvalue weighted by molar-refractivity contribution is -0.143. The van der Waals surface area contributed by atoms with E-state index < -0.39 is 18.0 Å². The summed E-state index contributed by atoms with van der Waals surface area (Å²) >= 11 is 0. The Morgan fingerprint density at radius 2 is 1.79 bits per heavy atom. The minimum Gasteiger partial charge on any atom is -0.497 e. The molecule has 33 heavy (non-hydrogen) atoms. The summed E-state index contributed by atoms with van der Waals surface area (Å²) in [6.45, 7) is 5.26. The Hall–Kier alpha value is -4.07. The number of urea groups is 1. The van der Waals surface area contributed by atoms with E-state index in [1.807, 2.05) is 60.8 Å². The van der Waals surface area contributed by atoms with Crippen LogP contribution in [0.5, 0.6) is 5.75 Å². The summed E-state index contributed by atoms with van der Waals surface area (Å²) < 4.78 is 12.5. The largest absolute Gasteiger partial charge is 0.497 e. The van der Waals surface area contributed by atoms with Crippen LogP contribution in [0.2, 0.25) is 0 Å². The maximum absolute atomic E-state index is 13.0. The second kappa shape index (κ2) is 9.20. The van der Waals surface area contributed by atoms with Gasteiger partial charge in [0.1, 0.15) is 5.75 Å². The molecule has 3 aromatic rings. The van der Waals surface area contributed by atoms with E-state index in [1.54, 1.807) is 32.6 Å². The number of esters is 1. The summed E-state index contributed by atoms with van der Waals surface area (Å²) in [5, 5.41) is 10.4. The Labute approximate surface area is 192 Å². The quantitative estimate of drug-likeness (QED) is 0.556. The predicted molar refractivity (Wildman–Crippen MR) is 124 cm³/mol. The maximum atomic E-state index is 13.0. The van der Waals surface area contributed by atoms with Gasteiger partial charge in [-0.2, -0.15) is 5.10 Å². The summed E-state index contributed by atoms with van der Waals surface area (Å²) in [7, 11) is 1.61. The fourth-order valence-electron chi connectivity index (χ4n) is 3.76. The summed E-state index contributed by atoms with van der Waals surface area (Å²) in [5.74, 6) is 0.225. The molecule has 8 heteroatoms. The summed E-state index contributed by atoms with van der Waals surface area (Å²) in [6, 6.07) is 16.0. The van der Waals surface area contributed by atoms with Crippen LogP contribution >= 0.6 is 0 Å². The number of nitrogens with zero attached hydrogens (tertiary/aromatic N) is 2. The summed E-state index contributed by atoms with van der Waals surface area (Å²) in [6.07, 6.45) is 1.53. The fourth-order valence-corrected chi connectivity index (χ4v) is 3.76. The Morgan fingerprint density at radius 3 is 2.42 bits per heavy atom. The summed E-state index contributed by atoms with van der Waals surface area (Å²) in [4.78, 5) is 25.4. The van der Waals surface area contributed by atoms with Gasteiger partial charge in [0.05, 0.1) is 36.2 Å². The Morgan fingerprint density at radius 1 is 1.09 bits per heavy atom. The molecule has 0 aliphatic carbocycles. The van der Waals surface area contributed by atoms with Crippen molar-refractivity contribution in [2.24, 2.45) is 0 Å². The Balaban J connectivity index is 1.88. The van der Waals surface area contributed by atoms with Crippen molar-refractivity contribution in [3.8, 4) is 22.7 Å². The molecule has 1 aliphatic rings. The van der Waals surface area contributed by atoms with E-state index >= 15 is 0 Å². The van der Waals surface area contributed by atoms with Crippen LogP contribution in [0.15, 0.2) is 72.1 Å². The zero-order valence-corrected chi connectivity index (χ0v) is 19.0. The lowest BCUT2D eigenvalue weighted by atomic mass is 9.93. The van der Waals surface area contributed by atoms with E-state index in [1.165, 1.54) is 0 Å². The van der Waals surface area contributed by atoms with Gasteiger partial charge in [-0.25, -0.2) is 14.3 Å². The van der Waals surface area contributed by atoms with Gasteiger partial charge >= 0.3 is 12.0 Å². The Bertz CT molecular complexity index is 1200. The average molecular weight is 447 g/mol. The van der Waals surface area contributed by atoms with Crippen LogP contribution in [-0.4, -0.2) is 35.0 Å². The molecular weight excluding hydrogens is 420 g/mol. The van der Waals surface area contributed by atoms with Crippen LogP contribution in [-0.2, 0) is 9.53 Å². The van der Waals surface area contributed by atoms with Gasteiger partial charge in [0.2, 0.25) is 0 Å². The molecular formula is C25H26N4O4. The topological polar surface area (TPSA) is 94.5 Å². The van der Waals surface area contributed by atoms with Gasteiger partial charge in [0, 0.05) is 23.0 Å². The fraction of sp³-hybridized carbons (Fsp3) is 0.240. The highest BCUT2D eigenvalue weighted by Gasteiger charge is 2.35. The van der Waals surface area contributed by atoms with Crippen LogP contribution < -0.4 is 15.4 Å². The number of carbonyl (C=O) groups is 2. The standard InChI is InChI=1S/C25H26N4O4/c1-15(2)33-24(30)21-16(3)26-25(31)27-23(21)20-14-29(18-8-6-5-7-9-18)28-22(20)17-10-12-19(32-4)13-11-17/h5-15,23H,1-4H3,(H2,26,27,31). The monoisotopic (exact) mass is 446 g/mol. The molecule has 2 heterocycles. The van der Waals surface area contributed by atoms with Crippen molar-refractivity contribution in [1.29, 1.82) is 0 Å². The van der Waals surface area contributed by atoms with Crippen molar-refractivity contribution in [2.75, 3.05) is 7.11 Å². The van der Waals surface area contributed by atoms with Crippen molar-refractivity contribution in [1.82, 2.24) is 20.4 Å². The van der Waals surface area contributed by atoms with Crippen molar-refractivity contribution < 1.29 is 19.1 Å². The first-order chi connectivity index (χ1) is 15.9. The zero-order chi connectivity index (χ0) is 23.5. The van der Waals surface area contributed by atoms with Gasteiger partial charge in [-0.05, 0) is 57.2 Å². The number of amides is 2. The number of benzene rings is 2. The molecule has 2 N–H and O–H groups in total. The third-order valence-electron chi connectivity index (χ3n) is 5.27.